The molecule has 2 aromatic carbocycles. The number of carbonyl (C=O) groups is 2. The number of nitrogens with one attached hydrogen (secondary N) is 1. The van der Waals surface area contributed by atoms with Crippen molar-refractivity contribution in [2.24, 2.45) is 0 Å². The van der Waals surface area contributed by atoms with Gasteiger partial charge in [-0.05, 0) is 48.9 Å². The summed E-state index contributed by atoms with van der Waals surface area (Å²) < 4.78 is 11.3. The van der Waals surface area contributed by atoms with Crippen LogP contribution in [-0.2, 0) is 0 Å². The van der Waals surface area contributed by atoms with E-state index in [1.807, 2.05) is 43.3 Å². The Hall–Kier alpha value is -3.91. The van der Waals surface area contributed by atoms with Crippen molar-refractivity contribution in [3.63, 3.8) is 0 Å². The first-order valence-electron chi connectivity index (χ1n) is 9.50. The Bertz CT molecular complexity index is 1350. The molecular formula is C23H17N3O4S. The molecule has 0 bridgehead atoms. The van der Waals surface area contributed by atoms with Gasteiger partial charge < -0.3 is 14.8 Å². The molecule has 0 aliphatic carbocycles. The molecule has 0 saturated carbocycles. The number of para-hydroxylation sites is 2. The zero-order valence-corrected chi connectivity index (χ0v) is 17.5. The quantitative estimate of drug-likeness (QED) is 0.398. The first-order chi connectivity index (χ1) is 15.1. The Balaban J connectivity index is 1.56. The van der Waals surface area contributed by atoms with E-state index in [0.29, 0.717) is 44.0 Å². The smallest absolute Gasteiger partial charge is 0.331 e. The lowest BCUT2D eigenvalue weighted by atomic mass is 10.1. The number of urea groups is 1. The van der Waals surface area contributed by atoms with Crippen LogP contribution in [0.5, 0.6) is 17.2 Å². The molecule has 1 aliphatic heterocycles. The Morgan fingerprint density at radius 1 is 1.10 bits per heavy atom. The molecule has 0 fully saturated rings. The summed E-state index contributed by atoms with van der Waals surface area (Å²) >= 11 is 1.26. The molecule has 1 N–H and O–H groups in total. The number of pyridine rings is 1. The first kappa shape index (κ1) is 19.1. The molecule has 7 nitrogen and oxygen atoms in total. The van der Waals surface area contributed by atoms with Crippen LogP contribution in [0.4, 0.5) is 21.9 Å². The fourth-order valence-electron chi connectivity index (χ4n) is 3.70. The lowest BCUT2D eigenvalue weighted by molar-refractivity contribution is 0.112. The number of nitrogens with zero attached hydrogens (tertiary/aromatic N) is 2. The number of thiophene rings is 1. The summed E-state index contributed by atoms with van der Waals surface area (Å²) in [5.41, 5.74) is 2.77. The zero-order valence-electron chi connectivity index (χ0n) is 16.7. The molecule has 1 aliphatic rings. The van der Waals surface area contributed by atoms with Gasteiger partial charge in [-0.25, -0.2) is 9.78 Å². The minimum atomic E-state index is -0.331. The third-order valence-electron chi connectivity index (χ3n) is 5.09. The van der Waals surface area contributed by atoms with E-state index in [9.17, 15) is 9.59 Å². The third-order valence-corrected chi connectivity index (χ3v) is 6.11. The Morgan fingerprint density at radius 3 is 2.65 bits per heavy atom. The predicted octanol–water partition coefficient (Wildman–Crippen LogP) is 5.90. The van der Waals surface area contributed by atoms with Crippen molar-refractivity contribution in [2.75, 3.05) is 17.3 Å². The summed E-state index contributed by atoms with van der Waals surface area (Å²) in [7, 11) is 1.59. The highest BCUT2D eigenvalue weighted by molar-refractivity contribution is 7.21. The number of anilines is 3. The minimum Gasteiger partial charge on any atom is -0.493 e. The van der Waals surface area contributed by atoms with Gasteiger partial charge in [0.1, 0.15) is 10.6 Å². The number of benzene rings is 2. The van der Waals surface area contributed by atoms with Crippen LogP contribution in [0.1, 0.15) is 15.2 Å². The van der Waals surface area contributed by atoms with Gasteiger partial charge in [0.25, 0.3) is 0 Å². The lowest BCUT2D eigenvalue weighted by Crippen LogP contribution is -2.34. The van der Waals surface area contributed by atoms with Crippen LogP contribution >= 0.6 is 11.3 Å². The van der Waals surface area contributed by atoms with Gasteiger partial charge in [-0.1, -0.05) is 12.1 Å². The molecule has 31 heavy (non-hydrogen) atoms. The molecule has 5 rings (SSSR count). The normalized spacial score (nSPS) is 12.6. The van der Waals surface area contributed by atoms with Gasteiger partial charge in [-0.15, -0.1) is 11.3 Å². The number of aryl methyl sites for hydroxylation is 1. The number of ether oxygens (including phenoxy) is 2. The number of aldehydes is 1. The van der Waals surface area contributed by atoms with Crippen molar-refractivity contribution >= 4 is 50.9 Å². The zero-order chi connectivity index (χ0) is 21.5. The molecule has 2 aromatic heterocycles. The lowest BCUT2D eigenvalue weighted by Gasteiger charge is -2.29. The van der Waals surface area contributed by atoms with Crippen LogP contribution in [0, 0.1) is 6.92 Å². The fraction of sp³-hybridized carbons (Fsp3) is 0.0870. The minimum absolute atomic E-state index is 0.331. The highest BCUT2D eigenvalue weighted by Gasteiger charge is 2.31. The van der Waals surface area contributed by atoms with Crippen molar-refractivity contribution in [3.05, 3.63) is 65.2 Å². The van der Waals surface area contributed by atoms with Crippen LogP contribution in [0.25, 0.3) is 10.2 Å². The number of methoxy groups -OCH3 is 1. The number of aromatic nitrogens is 1. The maximum Gasteiger partial charge on any atom is 0.331 e. The van der Waals surface area contributed by atoms with Crippen molar-refractivity contribution in [1.82, 2.24) is 4.98 Å². The fourth-order valence-corrected chi connectivity index (χ4v) is 4.63. The van der Waals surface area contributed by atoms with E-state index >= 15 is 0 Å². The highest BCUT2D eigenvalue weighted by atomic mass is 32.1. The average Bonchev–Trinajstić information content (AvgIpc) is 3.14. The number of carbonyl (C=O) groups excluding carboxylic acids is 2. The standard InChI is InChI=1S/C23H17N3O4S/c1-13-11-14(30-18-6-4-3-5-17(18)29-2)7-8-15(13)26-16-9-10-24-22-20(16)21(25-23(26)28)19(12-27)31-22/h3-12H,1-2H3,(H,25,28). The SMILES string of the molecule is COc1ccccc1Oc1ccc(N2C(=O)Nc3c(C=O)sc4nccc2c34)c(C)c1. The van der Waals surface area contributed by atoms with Gasteiger partial charge in [-0.2, -0.15) is 0 Å². The van der Waals surface area contributed by atoms with Crippen molar-refractivity contribution in [3.8, 4) is 17.2 Å². The van der Waals surface area contributed by atoms with E-state index in [-0.39, 0.29) is 6.03 Å². The van der Waals surface area contributed by atoms with Crippen LogP contribution in [0.15, 0.2) is 54.7 Å². The Labute approximate surface area is 181 Å². The Kier molecular flexibility index (Phi) is 4.56. The molecular weight excluding hydrogens is 414 g/mol. The molecule has 2 amide bonds. The van der Waals surface area contributed by atoms with E-state index in [0.717, 1.165) is 17.2 Å². The van der Waals surface area contributed by atoms with E-state index in [1.165, 1.54) is 11.3 Å². The number of rotatable bonds is 5. The van der Waals surface area contributed by atoms with Crippen molar-refractivity contribution in [1.29, 1.82) is 0 Å². The number of amides is 2. The summed E-state index contributed by atoms with van der Waals surface area (Å²) in [6, 6.07) is 14.4. The molecule has 3 heterocycles. The summed E-state index contributed by atoms with van der Waals surface area (Å²) in [6.45, 7) is 1.91. The number of hydrogen-bond acceptors (Lipinski definition) is 6. The molecule has 0 saturated heterocycles. The maximum absolute atomic E-state index is 13.0. The van der Waals surface area contributed by atoms with Crippen LogP contribution in [0.3, 0.4) is 0 Å². The second-order valence-electron chi connectivity index (χ2n) is 6.94. The largest absolute Gasteiger partial charge is 0.493 e. The van der Waals surface area contributed by atoms with Gasteiger partial charge in [0, 0.05) is 6.20 Å². The summed E-state index contributed by atoms with van der Waals surface area (Å²) in [4.78, 5) is 31.6. The topological polar surface area (TPSA) is 80.8 Å². The molecule has 8 heteroatoms. The van der Waals surface area contributed by atoms with E-state index < -0.39 is 0 Å². The summed E-state index contributed by atoms with van der Waals surface area (Å²) in [6.07, 6.45) is 2.39. The molecule has 0 unspecified atom stereocenters. The van der Waals surface area contributed by atoms with Gasteiger partial charge in [0.15, 0.2) is 17.8 Å². The van der Waals surface area contributed by atoms with Gasteiger partial charge in [0.2, 0.25) is 0 Å². The van der Waals surface area contributed by atoms with Crippen LogP contribution in [-0.4, -0.2) is 24.4 Å². The third kappa shape index (κ3) is 3.08. The van der Waals surface area contributed by atoms with E-state index in [1.54, 1.807) is 30.3 Å². The molecule has 0 spiro atoms. The van der Waals surface area contributed by atoms with Crippen LogP contribution < -0.4 is 19.7 Å². The van der Waals surface area contributed by atoms with E-state index in [2.05, 4.69) is 10.3 Å². The van der Waals surface area contributed by atoms with Gasteiger partial charge in [0.05, 0.1) is 34.4 Å². The number of hydrogen-bond donors (Lipinski definition) is 1. The molecule has 154 valence electrons. The van der Waals surface area contributed by atoms with Crippen molar-refractivity contribution in [2.45, 2.75) is 6.92 Å². The van der Waals surface area contributed by atoms with Crippen molar-refractivity contribution < 1.29 is 19.1 Å². The monoisotopic (exact) mass is 431 g/mol. The highest BCUT2D eigenvalue weighted by Crippen LogP contribution is 2.46. The summed E-state index contributed by atoms with van der Waals surface area (Å²) in [5.74, 6) is 1.87. The van der Waals surface area contributed by atoms with Gasteiger partial charge >= 0.3 is 6.03 Å². The second-order valence-corrected chi connectivity index (χ2v) is 7.97. The second kappa shape index (κ2) is 7.41. The van der Waals surface area contributed by atoms with Gasteiger partial charge in [-0.3, -0.25) is 9.69 Å². The van der Waals surface area contributed by atoms with Crippen LogP contribution in [0.2, 0.25) is 0 Å². The average molecular weight is 431 g/mol. The predicted molar refractivity (Wildman–Crippen MR) is 120 cm³/mol. The first-order valence-corrected chi connectivity index (χ1v) is 10.3. The molecule has 4 aromatic rings. The Morgan fingerprint density at radius 2 is 1.90 bits per heavy atom. The molecule has 0 atom stereocenters. The maximum atomic E-state index is 13.0. The summed E-state index contributed by atoms with van der Waals surface area (Å²) in [5, 5.41) is 3.61. The molecule has 0 radical (unpaired) electrons. The van der Waals surface area contributed by atoms with E-state index in [4.69, 9.17) is 9.47 Å².